The molecule has 0 aromatic heterocycles. The highest BCUT2D eigenvalue weighted by molar-refractivity contribution is 6.30. The number of carbonyl (C=O) groups is 2. The summed E-state index contributed by atoms with van der Waals surface area (Å²) in [5, 5.41) is 6.24. The highest BCUT2D eigenvalue weighted by Gasteiger charge is 2.24. The van der Waals surface area contributed by atoms with Crippen LogP contribution in [-0.2, 0) is 9.59 Å². The molecule has 2 amide bonds. The molecular formula is C19H23ClN3O3+. The van der Waals surface area contributed by atoms with E-state index in [0.717, 1.165) is 4.90 Å². The zero-order chi connectivity index (χ0) is 19.1. The molecule has 1 unspecified atom stereocenters. The van der Waals surface area contributed by atoms with Gasteiger partial charge in [-0.1, -0.05) is 17.7 Å². The van der Waals surface area contributed by atoms with Gasteiger partial charge >= 0.3 is 0 Å². The van der Waals surface area contributed by atoms with Crippen molar-refractivity contribution < 1.29 is 19.2 Å². The van der Waals surface area contributed by atoms with Gasteiger partial charge in [0.25, 0.3) is 11.8 Å². The Bertz CT molecular complexity index is 765. The molecule has 2 rings (SSSR count). The topological polar surface area (TPSA) is 71.9 Å². The smallest absolute Gasteiger partial charge is 0.282 e. The molecule has 0 bridgehead atoms. The van der Waals surface area contributed by atoms with E-state index in [1.165, 1.54) is 0 Å². The second-order valence-electron chi connectivity index (χ2n) is 6.02. The van der Waals surface area contributed by atoms with Crippen molar-refractivity contribution >= 4 is 34.8 Å². The minimum Gasteiger partial charge on any atom is -0.497 e. The number of hydrogen-bond donors (Lipinski definition) is 3. The lowest BCUT2D eigenvalue weighted by atomic mass is 10.2. The lowest BCUT2D eigenvalue weighted by Crippen LogP contribution is -3.14. The Balaban J connectivity index is 1.88. The number of carbonyl (C=O) groups excluding carboxylic acids is 2. The molecule has 0 saturated heterocycles. The Labute approximate surface area is 158 Å². The van der Waals surface area contributed by atoms with Gasteiger partial charge in [-0.15, -0.1) is 0 Å². The molecule has 0 saturated carbocycles. The lowest BCUT2D eigenvalue weighted by Gasteiger charge is -2.20. The maximum absolute atomic E-state index is 12.3. The van der Waals surface area contributed by atoms with E-state index in [2.05, 4.69) is 10.6 Å². The number of amides is 2. The molecule has 2 aromatic rings. The van der Waals surface area contributed by atoms with Gasteiger partial charge in [-0.05, 0) is 43.3 Å². The quantitative estimate of drug-likeness (QED) is 0.690. The van der Waals surface area contributed by atoms with Gasteiger partial charge < -0.3 is 20.3 Å². The van der Waals surface area contributed by atoms with Crippen molar-refractivity contribution in [1.29, 1.82) is 0 Å². The highest BCUT2D eigenvalue weighted by atomic mass is 35.5. The third-order valence-electron chi connectivity index (χ3n) is 4.04. The predicted octanol–water partition coefficient (Wildman–Crippen LogP) is 1.83. The van der Waals surface area contributed by atoms with Crippen LogP contribution in [0.25, 0.3) is 0 Å². The van der Waals surface area contributed by atoms with Crippen LogP contribution >= 0.6 is 11.6 Å². The van der Waals surface area contributed by atoms with Gasteiger partial charge in [0, 0.05) is 22.5 Å². The summed E-state index contributed by atoms with van der Waals surface area (Å²) in [4.78, 5) is 25.4. The average Bonchev–Trinajstić information content (AvgIpc) is 2.62. The molecule has 3 N–H and O–H groups in total. The summed E-state index contributed by atoms with van der Waals surface area (Å²) in [5.74, 6) is 0.320. The molecule has 6 nitrogen and oxygen atoms in total. The zero-order valence-corrected chi connectivity index (χ0v) is 15.8. The number of quaternary nitrogens is 1. The fourth-order valence-corrected chi connectivity index (χ4v) is 2.45. The van der Waals surface area contributed by atoms with Gasteiger partial charge in [0.05, 0.1) is 14.2 Å². The minimum absolute atomic E-state index is 0.159. The van der Waals surface area contributed by atoms with Crippen LogP contribution in [0, 0.1) is 0 Å². The summed E-state index contributed by atoms with van der Waals surface area (Å²) in [7, 11) is 3.37. The summed E-state index contributed by atoms with van der Waals surface area (Å²) in [6.45, 7) is 1.94. The van der Waals surface area contributed by atoms with E-state index in [0.29, 0.717) is 22.1 Å². The first-order chi connectivity index (χ1) is 12.4. The first kappa shape index (κ1) is 19.8. The highest BCUT2D eigenvalue weighted by Crippen LogP contribution is 2.16. The number of anilines is 2. The van der Waals surface area contributed by atoms with Crippen LogP contribution in [0.5, 0.6) is 5.75 Å². The van der Waals surface area contributed by atoms with Crippen molar-refractivity contribution in [2.75, 3.05) is 31.3 Å². The van der Waals surface area contributed by atoms with E-state index in [9.17, 15) is 9.59 Å². The number of ether oxygens (including phenoxy) is 1. The molecule has 0 fully saturated rings. The van der Waals surface area contributed by atoms with Crippen molar-refractivity contribution in [2.45, 2.75) is 13.0 Å². The number of rotatable bonds is 7. The maximum atomic E-state index is 12.3. The number of methoxy groups -OCH3 is 1. The second kappa shape index (κ2) is 9.22. The van der Waals surface area contributed by atoms with Gasteiger partial charge in [-0.3, -0.25) is 9.59 Å². The molecule has 0 aliphatic heterocycles. The van der Waals surface area contributed by atoms with Crippen molar-refractivity contribution in [1.82, 2.24) is 0 Å². The molecule has 0 spiro atoms. The van der Waals surface area contributed by atoms with Crippen LogP contribution in [-0.4, -0.2) is 38.6 Å². The summed E-state index contributed by atoms with van der Waals surface area (Å²) in [6.07, 6.45) is 0. The van der Waals surface area contributed by atoms with E-state index in [1.807, 2.05) is 0 Å². The van der Waals surface area contributed by atoms with Crippen molar-refractivity contribution in [3.05, 3.63) is 53.6 Å². The van der Waals surface area contributed by atoms with Crippen LogP contribution in [0.2, 0.25) is 5.02 Å². The molecule has 0 aliphatic carbocycles. The van der Waals surface area contributed by atoms with Crippen LogP contribution in [0.3, 0.4) is 0 Å². The van der Waals surface area contributed by atoms with Crippen molar-refractivity contribution in [2.24, 2.45) is 0 Å². The first-order valence-electron chi connectivity index (χ1n) is 8.21. The molecule has 0 aliphatic rings. The van der Waals surface area contributed by atoms with Gasteiger partial charge in [0.15, 0.2) is 12.6 Å². The Morgan fingerprint density at radius 3 is 2.46 bits per heavy atom. The van der Waals surface area contributed by atoms with Crippen LogP contribution in [0.4, 0.5) is 11.4 Å². The molecule has 2 atom stereocenters. The van der Waals surface area contributed by atoms with Gasteiger partial charge in [-0.25, -0.2) is 0 Å². The normalized spacial score (nSPS) is 12.8. The van der Waals surface area contributed by atoms with Crippen molar-refractivity contribution in [3.63, 3.8) is 0 Å². The number of halogens is 1. The monoisotopic (exact) mass is 376 g/mol. The van der Waals surface area contributed by atoms with Crippen LogP contribution < -0.4 is 20.3 Å². The molecule has 7 heteroatoms. The molecule has 26 heavy (non-hydrogen) atoms. The Hall–Kier alpha value is -2.57. The van der Waals surface area contributed by atoms with E-state index >= 15 is 0 Å². The number of hydrogen-bond acceptors (Lipinski definition) is 3. The summed E-state index contributed by atoms with van der Waals surface area (Å²) in [6, 6.07) is 13.6. The number of nitrogens with one attached hydrogen (secondary N) is 3. The van der Waals surface area contributed by atoms with Gasteiger partial charge in [0.2, 0.25) is 0 Å². The van der Waals surface area contributed by atoms with E-state index < -0.39 is 6.04 Å². The second-order valence-corrected chi connectivity index (χ2v) is 6.46. The summed E-state index contributed by atoms with van der Waals surface area (Å²) < 4.78 is 5.13. The van der Waals surface area contributed by atoms with Crippen LogP contribution in [0.15, 0.2) is 48.5 Å². The third kappa shape index (κ3) is 5.75. The first-order valence-corrected chi connectivity index (χ1v) is 8.59. The average molecular weight is 377 g/mol. The lowest BCUT2D eigenvalue weighted by molar-refractivity contribution is -0.885. The molecule has 138 valence electrons. The van der Waals surface area contributed by atoms with E-state index in [-0.39, 0.29) is 18.4 Å². The minimum atomic E-state index is -0.401. The molecule has 2 aromatic carbocycles. The number of likely N-dealkylation sites (N-methyl/N-ethyl adjacent to an activating group) is 1. The predicted molar refractivity (Wildman–Crippen MR) is 103 cm³/mol. The Morgan fingerprint density at radius 2 is 1.81 bits per heavy atom. The fraction of sp³-hybridized carbons (Fsp3) is 0.263. The molecule has 0 heterocycles. The maximum Gasteiger partial charge on any atom is 0.282 e. The SMILES string of the molecule is COc1cccc(NC(=O)C[NH+](C)[C@@H](C)C(=O)Nc2ccc(Cl)cc2)c1. The van der Waals surface area contributed by atoms with Crippen molar-refractivity contribution in [3.8, 4) is 5.75 Å². The van der Waals surface area contributed by atoms with Gasteiger partial charge in [-0.2, -0.15) is 0 Å². The van der Waals surface area contributed by atoms with Gasteiger partial charge in [0.1, 0.15) is 5.75 Å². The number of benzene rings is 2. The fourth-order valence-electron chi connectivity index (χ4n) is 2.32. The standard InChI is InChI=1S/C19H22ClN3O3/c1-13(19(25)22-15-9-7-14(20)8-10-15)23(2)12-18(24)21-16-5-4-6-17(11-16)26-3/h4-11,13H,12H2,1-3H3,(H,21,24)(H,22,25)/p+1/t13-/m0/s1. The zero-order valence-electron chi connectivity index (χ0n) is 15.0. The van der Waals surface area contributed by atoms with Crippen LogP contribution in [0.1, 0.15) is 6.92 Å². The summed E-state index contributed by atoms with van der Waals surface area (Å²) >= 11 is 5.83. The molecule has 0 radical (unpaired) electrons. The Morgan fingerprint density at radius 1 is 1.12 bits per heavy atom. The molecular weight excluding hydrogens is 354 g/mol. The largest absolute Gasteiger partial charge is 0.497 e. The van der Waals surface area contributed by atoms with E-state index in [1.54, 1.807) is 69.6 Å². The third-order valence-corrected chi connectivity index (χ3v) is 4.29. The summed E-state index contributed by atoms with van der Waals surface area (Å²) in [5.41, 5.74) is 1.32. The van der Waals surface area contributed by atoms with E-state index in [4.69, 9.17) is 16.3 Å². The Kier molecular flexibility index (Phi) is 7.00.